The summed E-state index contributed by atoms with van der Waals surface area (Å²) in [6.45, 7) is 0.119. The van der Waals surface area contributed by atoms with Crippen molar-refractivity contribution in [1.82, 2.24) is 10.2 Å². The first kappa shape index (κ1) is 17.4. The van der Waals surface area contributed by atoms with Gasteiger partial charge in [-0.05, 0) is 25.7 Å². The van der Waals surface area contributed by atoms with Crippen LogP contribution < -0.4 is 5.32 Å². The zero-order valence-electron chi connectivity index (χ0n) is 12.4. The minimum atomic E-state index is -4.21. The zero-order chi connectivity index (χ0) is 16.6. The molecular weight excluding hydrogens is 321 g/mol. The Labute approximate surface area is 128 Å². The Balaban J connectivity index is 1.84. The van der Waals surface area contributed by atoms with Gasteiger partial charge in [-0.15, -0.1) is 0 Å². The highest BCUT2D eigenvalue weighted by molar-refractivity contribution is 7.92. The molecule has 22 heavy (non-hydrogen) atoms. The van der Waals surface area contributed by atoms with Crippen LogP contribution >= 0.6 is 0 Å². The minimum absolute atomic E-state index is 0.0316. The van der Waals surface area contributed by atoms with Crippen molar-refractivity contribution in [3.05, 3.63) is 0 Å². The molecule has 1 saturated heterocycles. The van der Waals surface area contributed by atoms with Crippen LogP contribution in [0.25, 0.3) is 0 Å². The van der Waals surface area contributed by atoms with Gasteiger partial charge < -0.3 is 10.2 Å². The lowest BCUT2D eigenvalue weighted by molar-refractivity contribution is -0.183. The van der Waals surface area contributed by atoms with Gasteiger partial charge in [0.2, 0.25) is 0 Å². The molecule has 1 heterocycles. The Morgan fingerprint density at radius 2 is 1.82 bits per heavy atom. The molecule has 0 aromatic heterocycles. The second kappa shape index (κ2) is 5.90. The zero-order valence-corrected chi connectivity index (χ0v) is 13.3. The van der Waals surface area contributed by atoms with Crippen molar-refractivity contribution < 1.29 is 26.4 Å². The fourth-order valence-corrected chi connectivity index (χ4v) is 4.37. The van der Waals surface area contributed by atoms with Crippen LogP contribution in [0.1, 0.15) is 32.1 Å². The second-order valence-corrected chi connectivity index (χ2v) is 8.68. The van der Waals surface area contributed by atoms with Gasteiger partial charge in [-0.2, -0.15) is 13.2 Å². The van der Waals surface area contributed by atoms with E-state index in [0.717, 1.165) is 12.7 Å². The molecule has 1 N–H and O–H groups in total. The van der Waals surface area contributed by atoms with Crippen LogP contribution in [0.5, 0.6) is 0 Å². The maximum Gasteiger partial charge on any atom is 0.391 e. The Bertz CT molecular complexity index is 521. The van der Waals surface area contributed by atoms with E-state index in [1.165, 1.54) is 4.90 Å². The molecule has 0 unspecified atom stereocenters. The lowest BCUT2D eigenvalue weighted by atomic mass is 9.84. The molecule has 5 nitrogen and oxygen atoms in total. The number of likely N-dealkylation sites (tertiary alicyclic amines) is 1. The van der Waals surface area contributed by atoms with Crippen molar-refractivity contribution in [2.75, 3.05) is 25.9 Å². The number of sulfone groups is 1. The number of alkyl halides is 3. The van der Waals surface area contributed by atoms with Crippen LogP contribution in [-0.4, -0.2) is 56.2 Å². The van der Waals surface area contributed by atoms with Gasteiger partial charge in [0.25, 0.3) is 0 Å². The molecule has 0 bridgehead atoms. The molecule has 2 rings (SSSR count). The molecule has 0 aromatic rings. The van der Waals surface area contributed by atoms with Gasteiger partial charge >= 0.3 is 12.2 Å². The third-order valence-electron chi connectivity index (χ3n) is 4.86. The standard InChI is InChI=1S/C13H21F3N2O3S/c1-22(20,21)12(5-2-6-12)9-17-11(19)18-7-3-10(4-8-18)13(14,15)16/h10H,2-9H2,1H3,(H,17,19). The molecule has 2 aliphatic rings. The highest BCUT2D eigenvalue weighted by Crippen LogP contribution is 2.38. The maximum atomic E-state index is 12.6. The first-order chi connectivity index (χ1) is 10.1. The van der Waals surface area contributed by atoms with Crippen LogP contribution in [0, 0.1) is 5.92 Å². The molecule has 1 aliphatic heterocycles. The van der Waals surface area contributed by atoms with Crippen molar-refractivity contribution in [2.24, 2.45) is 5.92 Å². The molecule has 1 aliphatic carbocycles. The SMILES string of the molecule is CS(=O)(=O)C1(CNC(=O)N2CCC(C(F)(F)F)CC2)CCC1. The quantitative estimate of drug-likeness (QED) is 0.852. The van der Waals surface area contributed by atoms with Gasteiger partial charge in [0, 0.05) is 25.9 Å². The summed E-state index contributed by atoms with van der Waals surface area (Å²) >= 11 is 0. The van der Waals surface area contributed by atoms with E-state index < -0.39 is 32.7 Å². The van der Waals surface area contributed by atoms with E-state index in [0.29, 0.717) is 12.8 Å². The summed E-state index contributed by atoms with van der Waals surface area (Å²) in [5.74, 6) is -1.36. The van der Waals surface area contributed by atoms with E-state index in [2.05, 4.69) is 5.32 Å². The second-order valence-electron chi connectivity index (χ2n) is 6.27. The lowest BCUT2D eigenvalue weighted by Crippen LogP contribution is -2.56. The maximum absolute atomic E-state index is 12.6. The fourth-order valence-electron chi connectivity index (χ4n) is 3.01. The number of nitrogens with one attached hydrogen (secondary N) is 1. The largest absolute Gasteiger partial charge is 0.391 e. The number of hydrogen-bond acceptors (Lipinski definition) is 3. The number of carbonyl (C=O) groups excluding carboxylic acids is 1. The Morgan fingerprint density at radius 1 is 1.27 bits per heavy atom. The lowest BCUT2D eigenvalue weighted by Gasteiger charge is -2.40. The Morgan fingerprint density at radius 3 is 2.18 bits per heavy atom. The third kappa shape index (κ3) is 3.49. The molecule has 128 valence electrons. The first-order valence-electron chi connectivity index (χ1n) is 7.34. The van der Waals surface area contributed by atoms with Gasteiger partial charge in [0.05, 0.1) is 10.7 Å². The number of nitrogens with zero attached hydrogens (tertiary/aromatic N) is 1. The summed E-state index contributed by atoms with van der Waals surface area (Å²) in [6.07, 6.45) is -1.42. The van der Waals surface area contributed by atoms with Crippen LogP contribution in [0.2, 0.25) is 0 Å². The number of piperidine rings is 1. The summed E-state index contributed by atoms with van der Waals surface area (Å²) in [7, 11) is -3.26. The van der Waals surface area contributed by atoms with Gasteiger partial charge in [-0.3, -0.25) is 0 Å². The highest BCUT2D eigenvalue weighted by Gasteiger charge is 2.47. The summed E-state index contributed by atoms with van der Waals surface area (Å²) < 4.78 is 60.4. The summed E-state index contributed by atoms with van der Waals surface area (Å²) in [6, 6.07) is -0.476. The van der Waals surface area contributed by atoms with E-state index in [1.54, 1.807) is 0 Å². The van der Waals surface area contributed by atoms with Gasteiger partial charge in [0.15, 0.2) is 9.84 Å². The Kier molecular flexibility index (Phi) is 4.66. The molecule has 0 radical (unpaired) electrons. The van der Waals surface area contributed by atoms with Crippen LogP contribution in [-0.2, 0) is 9.84 Å². The van der Waals surface area contributed by atoms with E-state index in [9.17, 15) is 26.4 Å². The van der Waals surface area contributed by atoms with E-state index in [1.807, 2.05) is 0 Å². The molecule has 0 atom stereocenters. The third-order valence-corrected chi connectivity index (χ3v) is 6.98. The van der Waals surface area contributed by atoms with Crippen LogP contribution in [0.15, 0.2) is 0 Å². The average Bonchev–Trinajstić information content (AvgIpc) is 2.34. The summed E-state index contributed by atoms with van der Waals surface area (Å²) in [5.41, 5.74) is 0. The van der Waals surface area contributed by atoms with E-state index >= 15 is 0 Å². The molecule has 2 amide bonds. The molecule has 9 heteroatoms. The van der Waals surface area contributed by atoms with Crippen molar-refractivity contribution in [1.29, 1.82) is 0 Å². The normalized spacial score (nSPS) is 23.0. The molecular formula is C13H21F3N2O3S. The first-order valence-corrected chi connectivity index (χ1v) is 9.23. The van der Waals surface area contributed by atoms with Crippen LogP contribution in [0.4, 0.5) is 18.0 Å². The smallest absolute Gasteiger partial charge is 0.336 e. The Hall–Kier alpha value is -0.990. The van der Waals surface area contributed by atoms with Crippen molar-refractivity contribution in [3.8, 4) is 0 Å². The number of carbonyl (C=O) groups is 1. The van der Waals surface area contributed by atoms with Crippen LogP contribution in [0.3, 0.4) is 0 Å². The highest BCUT2D eigenvalue weighted by atomic mass is 32.2. The number of amides is 2. The fraction of sp³-hybridized carbons (Fsp3) is 0.923. The summed E-state index contributed by atoms with van der Waals surface area (Å²) in [5, 5.41) is 2.58. The molecule has 2 fully saturated rings. The number of urea groups is 1. The molecule has 0 spiro atoms. The van der Waals surface area contributed by atoms with Gasteiger partial charge in [-0.25, -0.2) is 13.2 Å². The number of rotatable bonds is 3. The van der Waals surface area contributed by atoms with Gasteiger partial charge in [0.1, 0.15) is 0 Å². The van der Waals surface area contributed by atoms with Crippen molar-refractivity contribution >= 4 is 15.9 Å². The van der Waals surface area contributed by atoms with Gasteiger partial charge in [-0.1, -0.05) is 6.42 Å². The predicted octanol–water partition coefficient (Wildman–Crippen LogP) is 1.94. The topological polar surface area (TPSA) is 66.5 Å². The molecule has 1 saturated carbocycles. The van der Waals surface area contributed by atoms with Crippen molar-refractivity contribution in [3.63, 3.8) is 0 Å². The van der Waals surface area contributed by atoms with E-state index in [-0.39, 0.29) is 32.5 Å². The molecule has 0 aromatic carbocycles. The number of halogens is 3. The number of hydrogen-bond donors (Lipinski definition) is 1. The van der Waals surface area contributed by atoms with E-state index in [4.69, 9.17) is 0 Å². The summed E-state index contributed by atoms with van der Waals surface area (Å²) in [4.78, 5) is 13.3. The monoisotopic (exact) mass is 342 g/mol. The van der Waals surface area contributed by atoms with Crippen molar-refractivity contribution in [2.45, 2.75) is 43.0 Å². The minimum Gasteiger partial charge on any atom is -0.336 e. The predicted molar refractivity (Wildman–Crippen MR) is 75.2 cm³/mol. The average molecular weight is 342 g/mol.